The number of aliphatic hydroxyl groups is 1. The first-order valence-corrected chi connectivity index (χ1v) is 7.64. The molecule has 10 nitrogen and oxygen atoms in total. The van der Waals surface area contributed by atoms with Crippen LogP contribution in [0, 0.1) is 0 Å². The molecule has 4 heterocycles. The molecule has 130 valence electrons. The number of aliphatic hydroxyl groups excluding tert-OH is 1. The van der Waals surface area contributed by atoms with Crippen molar-refractivity contribution in [3.63, 3.8) is 0 Å². The van der Waals surface area contributed by atoms with E-state index in [2.05, 4.69) is 9.97 Å². The van der Waals surface area contributed by atoms with E-state index in [4.69, 9.17) is 24.8 Å². The van der Waals surface area contributed by atoms with Crippen molar-refractivity contribution < 1.29 is 28.9 Å². The summed E-state index contributed by atoms with van der Waals surface area (Å²) in [7, 11) is 1.49. The molecule has 2 fully saturated rings. The molecule has 4 rings (SSSR count). The van der Waals surface area contributed by atoms with Gasteiger partial charge in [0, 0.05) is 0 Å². The van der Waals surface area contributed by atoms with Crippen LogP contribution in [0.4, 0.5) is 5.82 Å². The van der Waals surface area contributed by atoms with Gasteiger partial charge in [0.2, 0.25) is 11.2 Å². The first-order chi connectivity index (χ1) is 11.4. The van der Waals surface area contributed by atoms with E-state index in [-0.39, 0.29) is 18.8 Å². The van der Waals surface area contributed by atoms with Crippen molar-refractivity contribution in [2.75, 3.05) is 19.5 Å². The number of fused-ring (bicyclic) bond motifs is 2. The summed E-state index contributed by atoms with van der Waals surface area (Å²) >= 11 is 0. The first-order valence-electron chi connectivity index (χ1n) is 7.64. The molecule has 0 saturated carbocycles. The van der Waals surface area contributed by atoms with E-state index in [0.717, 1.165) is 0 Å². The highest BCUT2D eigenvalue weighted by molar-refractivity contribution is 5.79. The van der Waals surface area contributed by atoms with E-state index < -0.39 is 18.1 Å². The Morgan fingerprint density at radius 1 is 1.38 bits per heavy atom. The summed E-state index contributed by atoms with van der Waals surface area (Å²) in [5, 5.41) is 9.58. The minimum Gasteiger partial charge on any atom is -0.394 e. The molecule has 0 aromatic carbocycles. The molecule has 10 heteroatoms. The highest BCUT2D eigenvalue weighted by atomic mass is 16.8. The zero-order chi connectivity index (χ0) is 17.1. The molecule has 2 aliphatic heterocycles. The lowest BCUT2D eigenvalue weighted by Crippen LogP contribution is -2.43. The Kier molecular flexibility index (Phi) is 3.39. The maximum absolute atomic E-state index is 9.58. The number of anilines is 1. The fourth-order valence-corrected chi connectivity index (χ4v) is 3.30. The number of hydrogen-bond acceptors (Lipinski definition) is 8. The van der Waals surface area contributed by atoms with Crippen molar-refractivity contribution in [1.29, 1.82) is 0 Å². The third-order valence-corrected chi connectivity index (χ3v) is 4.31. The van der Waals surface area contributed by atoms with Crippen molar-refractivity contribution in [3.8, 4) is 0 Å². The van der Waals surface area contributed by atoms with E-state index in [0.29, 0.717) is 17.0 Å². The van der Waals surface area contributed by atoms with Crippen LogP contribution in [0.25, 0.3) is 11.2 Å². The van der Waals surface area contributed by atoms with Gasteiger partial charge in [-0.25, -0.2) is 4.98 Å². The van der Waals surface area contributed by atoms with E-state index in [1.807, 2.05) is 13.8 Å². The number of ether oxygens (including phenoxy) is 3. The minimum absolute atomic E-state index is 0.164. The molecule has 3 N–H and O–H groups in total. The van der Waals surface area contributed by atoms with Crippen LogP contribution in [0.2, 0.25) is 0 Å². The predicted molar refractivity (Wildman–Crippen MR) is 79.5 cm³/mol. The third-order valence-electron chi connectivity index (χ3n) is 4.31. The van der Waals surface area contributed by atoms with Crippen molar-refractivity contribution in [2.24, 2.45) is 0 Å². The molecule has 4 atom stereocenters. The van der Waals surface area contributed by atoms with E-state index >= 15 is 0 Å². The standard InChI is InChI=1S/C14H19N5O5/c1-14(2)23-9-7(4-20)22-13(10(9)24-14)18-5-16-8-11(15)19(21-3)6-17-12(8)18/h5-7,9-10,13,15,20H,4H2,1-3H3/p+1/t7-,9-,10-,13-/m1/s1. The molecule has 24 heavy (non-hydrogen) atoms. The lowest BCUT2D eigenvalue weighted by atomic mass is 10.1. The topological polar surface area (TPSA) is 118 Å². The van der Waals surface area contributed by atoms with Gasteiger partial charge in [0.05, 0.1) is 6.61 Å². The van der Waals surface area contributed by atoms with Gasteiger partial charge >= 0.3 is 0 Å². The van der Waals surface area contributed by atoms with Crippen LogP contribution in [-0.4, -0.2) is 57.5 Å². The van der Waals surface area contributed by atoms with Gasteiger partial charge in [-0.15, -0.1) is 0 Å². The average molecular weight is 338 g/mol. The molecule has 0 amide bonds. The van der Waals surface area contributed by atoms with Crippen molar-refractivity contribution in [2.45, 2.75) is 44.2 Å². The summed E-state index contributed by atoms with van der Waals surface area (Å²) in [6, 6.07) is 0. The smallest absolute Gasteiger partial charge is 0.289 e. The van der Waals surface area contributed by atoms with Gasteiger partial charge in [-0.2, -0.15) is 0 Å². The number of nitrogen functional groups attached to an aromatic ring is 1. The Labute approximate surface area is 137 Å². The molecule has 2 aromatic heterocycles. The van der Waals surface area contributed by atoms with E-state index in [9.17, 15) is 5.11 Å². The molecular weight excluding hydrogens is 318 g/mol. The molecule has 2 aliphatic rings. The Morgan fingerprint density at radius 3 is 2.83 bits per heavy atom. The lowest BCUT2D eigenvalue weighted by molar-refractivity contribution is -0.875. The average Bonchev–Trinajstić information content (AvgIpc) is 3.18. The van der Waals surface area contributed by atoms with Gasteiger partial charge in [-0.1, -0.05) is 9.71 Å². The largest absolute Gasteiger partial charge is 0.394 e. The monoisotopic (exact) mass is 338 g/mol. The Hall–Kier alpha value is -2.01. The summed E-state index contributed by atoms with van der Waals surface area (Å²) in [6.45, 7) is 3.50. The lowest BCUT2D eigenvalue weighted by Gasteiger charge is -2.23. The zero-order valence-electron chi connectivity index (χ0n) is 13.6. The number of imidazole rings is 1. The third kappa shape index (κ3) is 2.14. The van der Waals surface area contributed by atoms with Crippen LogP contribution >= 0.6 is 0 Å². The van der Waals surface area contributed by atoms with Crippen LogP contribution in [0.1, 0.15) is 20.1 Å². The number of nitrogens with zero attached hydrogens (tertiary/aromatic N) is 4. The van der Waals surface area contributed by atoms with Crippen LogP contribution in [0.15, 0.2) is 12.7 Å². The number of nitrogens with two attached hydrogens (primary N) is 1. The highest BCUT2D eigenvalue weighted by Gasteiger charge is 2.56. The van der Waals surface area contributed by atoms with Crippen LogP contribution in [-0.2, 0) is 14.2 Å². The van der Waals surface area contributed by atoms with Crippen LogP contribution < -0.4 is 15.3 Å². The number of rotatable bonds is 3. The Balaban J connectivity index is 1.76. The number of hydrogen-bond donors (Lipinski definition) is 2. The van der Waals surface area contributed by atoms with Gasteiger partial charge in [0.25, 0.3) is 12.1 Å². The fourth-order valence-electron chi connectivity index (χ4n) is 3.30. The second kappa shape index (κ2) is 5.24. The molecule has 0 radical (unpaired) electrons. The quantitative estimate of drug-likeness (QED) is 0.668. The second-order valence-electron chi connectivity index (χ2n) is 6.27. The van der Waals surface area contributed by atoms with Crippen LogP contribution in [0.3, 0.4) is 0 Å². The molecule has 0 spiro atoms. The Morgan fingerprint density at radius 2 is 2.12 bits per heavy atom. The fraction of sp³-hybridized carbons (Fsp3) is 0.643. The van der Waals surface area contributed by atoms with Crippen LogP contribution in [0.5, 0.6) is 0 Å². The van der Waals surface area contributed by atoms with Gasteiger partial charge in [0.15, 0.2) is 12.0 Å². The SMILES string of the molecule is CO[n+]1cnc2c(ncn2[C@@H]2O[C@H](CO)[C@H]3OC(C)(C)O[C@H]32)c1N. The van der Waals surface area contributed by atoms with E-state index in [1.54, 1.807) is 10.9 Å². The molecule has 2 saturated heterocycles. The Bertz CT molecular complexity index is 778. The molecule has 0 bridgehead atoms. The van der Waals surface area contributed by atoms with E-state index in [1.165, 1.54) is 18.2 Å². The van der Waals surface area contributed by atoms with Gasteiger partial charge in [0.1, 0.15) is 31.7 Å². The zero-order valence-corrected chi connectivity index (χ0v) is 13.6. The summed E-state index contributed by atoms with van der Waals surface area (Å²) in [4.78, 5) is 13.7. The predicted octanol–water partition coefficient (Wildman–Crippen LogP) is -1.23. The van der Waals surface area contributed by atoms with Gasteiger partial charge < -0.3 is 29.9 Å². The van der Waals surface area contributed by atoms with Crippen molar-refractivity contribution in [1.82, 2.24) is 14.5 Å². The maximum Gasteiger partial charge on any atom is 0.289 e. The first kappa shape index (κ1) is 15.5. The van der Waals surface area contributed by atoms with Crippen molar-refractivity contribution >= 4 is 17.0 Å². The van der Waals surface area contributed by atoms with Gasteiger partial charge in [-0.05, 0) is 13.8 Å². The molecule has 0 unspecified atom stereocenters. The molecule has 2 aromatic rings. The normalized spacial score (nSPS) is 31.5. The highest BCUT2D eigenvalue weighted by Crippen LogP contribution is 2.43. The second-order valence-corrected chi connectivity index (χ2v) is 6.27. The summed E-state index contributed by atoms with van der Waals surface area (Å²) < 4.78 is 20.8. The molecule has 0 aliphatic carbocycles. The maximum atomic E-state index is 9.58. The minimum atomic E-state index is -0.743. The summed E-state index contributed by atoms with van der Waals surface area (Å²) in [5.41, 5.74) is 7.06. The summed E-state index contributed by atoms with van der Waals surface area (Å²) in [6.07, 6.45) is 1.30. The van der Waals surface area contributed by atoms with Gasteiger partial charge in [-0.3, -0.25) is 4.57 Å². The van der Waals surface area contributed by atoms with Crippen molar-refractivity contribution in [3.05, 3.63) is 12.7 Å². The molecular formula is C14H20N5O5+. The number of aromatic nitrogens is 4. The summed E-state index contributed by atoms with van der Waals surface area (Å²) in [5.74, 6) is -0.411.